The predicted molar refractivity (Wildman–Crippen MR) is 58.2 cm³/mol. The van der Waals surface area contributed by atoms with Gasteiger partial charge in [0.05, 0.1) is 0 Å². The zero-order chi connectivity index (χ0) is 9.80. The van der Waals surface area contributed by atoms with Gasteiger partial charge in [0.2, 0.25) is 0 Å². The lowest BCUT2D eigenvalue weighted by Gasteiger charge is -2.11. The topological polar surface area (TPSA) is 41.1 Å². The van der Waals surface area contributed by atoms with E-state index in [1.54, 1.807) is 11.8 Å². The van der Waals surface area contributed by atoms with Gasteiger partial charge >= 0.3 is 0 Å². The quantitative estimate of drug-likeness (QED) is 0.763. The van der Waals surface area contributed by atoms with Crippen molar-refractivity contribution in [2.24, 2.45) is 0 Å². The molecule has 2 rings (SSSR count). The number of rotatable bonds is 2. The van der Waals surface area contributed by atoms with Crippen molar-refractivity contribution in [3.05, 3.63) is 35.9 Å². The third-order valence-electron chi connectivity index (χ3n) is 2.01. The van der Waals surface area contributed by atoms with E-state index < -0.39 is 0 Å². The summed E-state index contributed by atoms with van der Waals surface area (Å²) in [6.07, 6.45) is 0. The van der Waals surface area contributed by atoms with Crippen LogP contribution in [0.3, 0.4) is 0 Å². The lowest BCUT2D eigenvalue weighted by molar-refractivity contribution is 0.0946. The molecule has 4 heteroatoms. The molecule has 1 atom stereocenters. The summed E-state index contributed by atoms with van der Waals surface area (Å²) < 4.78 is 0. The highest BCUT2D eigenvalue weighted by molar-refractivity contribution is 8.00. The average Bonchev–Trinajstić information content (AvgIpc) is 2.72. The lowest BCUT2D eigenvalue weighted by Crippen LogP contribution is -2.39. The van der Waals surface area contributed by atoms with E-state index in [9.17, 15) is 4.79 Å². The van der Waals surface area contributed by atoms with Crippen LogP contribution in [0.5, 0.6) is 0 Å². The molecule has 14 heavy (non-hydrogen) atoms. The van der Waals surface area contributed by atoms with E-state index in [0.717, 1.165) is 12.3 Å². The van der Waals surface area contributed by atoms with Crippen molar-refractivity contribution in [3.63, 3.8) is 0 Å². The minimum absolute atomic E-state index is 0.0162. The van der Waals surface area contributed by atoms with Gasteiger partial charge < -0.3 is 5.32 Å². The van der Waals surface area contributed by atoms with Gasteiger partial charge in [0.15, 0.2) is 0 Å². The highest BCUT2D eigenvalue weighted by Crippen LogP contribution is 2.11. The lowest BCUT2D eigenvalue weighted by atomic mass is 10.2. The van der Waals surface area contributed by atoms with Crippen molar-refractivity contribution in [3.8, 4) is 0 Å². The molecule has 1 aliphatic heterocycles. The first-order valence-corrected chi connectivity index (χ1v) is 5.62. The molecule has 1 fully saturated rings. The summed E-state index contributed by atoms with van der Waals surface area (Å²) in [7, 11) is 0. The highest BCUT2D eigenvalue weighted by Gasteiger charge is 2.16. The number of hydrogen-bond acceptors (Lipinski definition) is 3. The van der Waals surface area contributed by atoms with Crippen LogP contribution < -0.4 is 10.6 Å². The van der Waals surface area contributed by atoms with Gasteiger partial charge in [0.1, 0.15) is 5.50 Å². The second-order valence-corrected chi connectivity index (χ2v) is 4.26. The normalized spacial score (nSPS) is 20.7. The van der Waals surface area contributed by atoms with Crippen molar-refractivity contribution in [2.75, 3.05) is 12.3 Å². The van der Waals surface area contributed by atoms with E-state index in [0.29, 0.717) is 5.56 Å². The fraction of sp³-hybridized carbons (Fsp3) is 0.300. The average molecular weight is 208 g/mol. The Bertz CT molecular complexity index is 309. The second kappa shape index (κ2) is 4.48. The Labute approximate surface area is 87.3 Å². The van der Waals surface area contributed by atoms with Gasteiger partial charge in [-0.3, -0.25) is 10.1 Å². The Morgan fingerprint density at radius 2 is 2.21 bits per heavy atom. The maximum atomic E-state index is 11.6. The number of nitrogens with one attached hydrogen (secondary N) is 2. The maximum Gasteiger partial charge on any atom is 0.253 e. The van der Waals surface area contributed by atoms with Gasteiger partial charge in [-0.25, -0.2) is 0 Å². The monoisotopic (exact) mass is 208 g/mol. The summed E-state index contributed by atoms with van der Waals surface area (Å²) in [6, 6.07) is 9.26. The van der Waals surface area contributed by atoms with Crippen LogP contribution in [0.2, 0.25) is 0 Å². The minimum Gasteiger partial charge on any atom is -0.328 e. The molecule has 1 heterocycles. The molecule has 2 N–H and O–H groups in total. The Morgan fingerprint density at radius 1 is 1.43 bits per heavy atom. The first-order chi connectivity index (χ1) is 6.86. The standard InChI is InChI=1S/C10H12N2OS/c13-9(8-4-2-1-3-5-8)12-10-11-6-7-14-10/h1-5,10-11H,6-7H2,(H,12,13). The van der Waals surface area contributed by atoms with Gasteiger partial charge in [-0.1, -0.05) is 18.2 Å². The van der Waals surface area contributed by atoms with Crippen LogP contribution in [-0.2, 0) is 0 Å². The molecule has 74 valence electrons. The molecule has 1 aliphatic rings. The number of hydrogen-bond donors (Lipinski definition) is 2. The Hall–Kier alpha value is -1.00. The van der Waals surface area contributed by atoms with Crippen LogP contribution in [0.15, 0.2) is 30.3 Å². The largest absolute Gasteiger partial charge is 0.328 e. The SMILES string of the molecule is O=C(NC1NCCS1)c1ccccc1. The van der Waals surface area contributed by atoms with Crippen molar-refractivity contribution >= 4 is 17.7 Å². The van der Waals surface area contributed by atoms with Gasteiger partial charge in [0.25, 0.3) is 5.91 Å². The number of thioether (sulfide) groups is 1. The fourth-order valence-corrected chi connectivity index (χ4v) is 2.21. The Kier molecular flexibility index (Phi) is 3.06. The highest BCUT2D eigenvalue weighted by atomic mass is 32.2. The summed E-state index contributed by atoms with van der Waals surface area (Å²) in [5.74, 6) is 1.04. The zero-order valence-corrected chi connectivity index (χ0v) is 8.51. The molecule has 1 amide bonds. The van der Waals surface area contributed by atoms with Gasteiger partial charge in [0, 0.05) is 17.9 Å². The van der Waals surface area contributed by atoms with Crippen molar-refractivity contribution in [2.45, 2.75) is 5.50 Å². The molecule has 0 radical (unpaired) electrons. The fourth-order valence-electron chi connectivity index (χ4n) is 1.31. The summed E-state index contributed by atoms with van der Waals surface area (Å²) >= 11 is 1.72. The minimum atomic E-state index is -0.0162. The van der Waals surface area contributed by atoms with E-state index >= 15 is 0 Å². The van der Waals surface area contributed by atoms with Crippen LogP contribution in [0.4, 0.5) is 0 Å². The van der Waals surface area contributed by atoms with Crippen molar-refractivity contribution < 1.29 is 4.79 Å². The zero-order valence-electron chi connectivity index (χ0n) is 7.69. The third-order valence-corrected chi connectivity index (χ3v) is 3.07. The molecule has 1 unspecified atom stereocenters. The Morgan fingerprint density at radius 3 is 2.86 bits per heavy atom. The number of amides is 1. The molecule has 3 nitrogen and oxygen atoms in total. The molecule has 0 spiro atoms. The van der Waals surface area contributed by atoms with Crippen LogP contribution >= 0.6 is 11.8 Å². The van der Waals surface area contributed by atoms with E-state index in [-0.39, 0.29) is 11.4 Å². The summed E-state index contributed by atoms with van der Waals surface area (Å²) in [6.45, 7) is 0.963. The number of carbonyl (C=O) groups excluding carboxylic acids is 1. The molecule has 1 aromatic rings. The molecular weight excluding hydrogens is 196 g/mol. The van der Waals surface area contributed by atoms with Crippen molar-refractivity contribution in [1.82, 2.24) is 10.6 Å². The first kappa shape index (κ1) is 9.55. The summed E-state index contributed by atoms with van der Waals surface area (Å²) in [5.41, 5.74) is 0.782. The first-order valence-electron chi connectivity index (χ1n) is 4.57. The van der Waals surface area contributed by atoms with Crippen LogP contribution in [-0.4, -0.2) is 23.7 Å². The third kappa shape index (κ3) is 2.27. The molecule has 0 bridgehead atoms. The molecule has 0 aliphatic carbocycles. The molecular formula is C10H12N2OS. The Balaban J connectivity index is 1.95. The second-order valence-electron chi connectivity index (χ2n) is 3.04. The van der Waals surface area contributed by atoms with E-state index in [2.05, 4.69) is 10.6 Å². The summed E-state index contributed by atoms with van der Waals surface area (Å²) in [4.78, 5) is 11.6. The smallest absolute Gasteiger partial charge is 0.253 e. The maximum absolute atomic E-state index is 11.6. The van der Waals surface area contributed by atoms with Gasteiger partial charge in [-0.15, -0.1) is 11.8 Å². The molecule has 0 aromatic heterocycles. The van der Waals surface area contributed by atoms with Crippen molar-refractivity contribution in [1.29, 1.82) is 0 Å². The molecule has 1 aromatic carbocycles. The summed E-state index contributed by atoms with van der Waals surface area (Å²) in [5, 5.41) is 6.10. The van der Waals surface area contributed by atoms with Gasteiger partial charge in [-0.05, 0) is 12.1 Å². The number of benzene rings is 1. The predicted octanol–water partition coefficient (Wildman–Crippen LogP) is 1.04. The van der Waals surface area contributed by atoms with Crippen LogP contribution in [0.25, 0.3) is 0 Å². The molecule has 1 saturated heterocycles. The van der Waals surface area contributed by atoms with Gasteiger partial charge in [-0.2, -0.15) is 0 Å². The van der Waals surface area contributed by atoms with E-state index in [1.807, 2.05) is 30.3 Å². The van der Waals surface area contributed by atoms with E-state index in [4.69, 9.17) is 0 Å². The molecule has 0 saturated carbocycles. The van der Waals surface area contributed by atoms with Crippen LogP contribution in [0, 0.1) is 0 Å². The number of carbonyl (C=O) groups is 1. The van der Waals surface area contributed by atoms with E-state index in [1.165, 1.54) is 0 Å². The van der Waals surface area contributed by atoms with Crippen LogP contribution in [0.1, 0.15) is 10.4 Å².